The zero-order valence-corrected chi connectivity index (χ0v) is 9.02. The van der Waals surface area contributed by atoms with E-state index in [-0.39, 0.29) is 5.69 Å². The first-order valence-corrected chi connectivity index (χ1v) is 4.65. The molecule has 1 rings (SSSR count). The molecule has 7 heteroatoms. The van der Waals surface area contributed by atoms with E-state index < -0.39 is 18.5 Å². The standard InChI is InChI=1S/C8H7BrN2O4/c9-6-3-1-2-5(10-6)8(14)11-15-4-7(12)13/h1-3H,4H2,(H,11,14)(H,12,13). The predicted molar refractivity (Wildman–Crippen MR) is 53.0 cm³/mol. The van der Waals surface area contributed by atoms with Crippen molar-refractivity contribution in [2.75, 3.05) is 6.61 Å². The molecule has 1 aromatic heterocycles. The lowest BCUT2D eigenvalue weighted by atomic mass is 10.3. The van der Waals surface area contributed by atoms with Gasteiger partial charge >= 0.3 is 5.97 Å². The maximum absolute atomic E-state index is 11.3. The largest absolute Gasteiger partial charge is 0.479 e. The van der Waals surface area contributed by atoms with Gasteiger partial charge in [0.05, 0.1) is 0 Å². The van der Waals surface area contributed by atoms with Gasteiger partial charge in [-0.15, -0.1) is 0 Å². The number of hydrogen-bond donors (Lipinski definition) is 2. The van der Waals surface area contributed by atoms with Crippen molar-refractivity contribution in [3.63, 3.8) is 0 Å². The fourth-order valence-electron chi connectivity index (χ4n) is 0.750. The van der Waals surface area contributed by atoms with Crippen LogP contribution in [0.5, 0.6) is 0 Å². The molecule has 0 spiro atoms. The summed E-state index contributed by atoms with van der Waals surface area (Å²) in [5, 5.41) is 8.24. The zero-order valence-electron chi connectivity index (χ0n) is 7.44. The first kappa shape index (κ1) is 11.6. The first-order valence-electron chi connectivity index (χ1n) is 3.86. The minimum atomic E-state index is -1.17. The summed E-state index contributed by atoms with van der Waals surface area (Å²) < 4.78 is 0.508. The number of nitrogens with one attached hydrogen (secondary N) is 1. The molecule has 1 heterocycles. The molecule has 0 saturated heterocycles. The molecule has 0 aliphatic carbocycles. The van der Waals surface area contributed by atoms with Crippen molar-refractivity contribution < 1.29 is 19.5 Å². The van der Waals surface area contributed by atoms with E-state index in [1.54, 1.807) is 12.1 Å². The third-order valence-corrected chi connectivity index (χ3v) is 1.75. The van der Waals surface area contributed by atoms with Crippen LogP contribution in [0.1, 0.15) is 10.5 Å². The zero-order chi connectivity index (χ0) is 11.3. The van der Waals surface area contributed by atoms with Gasteiger partial charge in [0, 0.05) is 0 Å². The number of halogens is 1. The Kier molecular flexibility index (Phi) is 4.19. The lowest BCUT2D eigenvalue weighted by molar-refractivity contribution is -0.144. The SMILES string of the molecule is O=C(O)CONC(=O)c1cccc(Br)n1. The summed E-state index contributed by atoms with van der Waals surface area (Å²) in [7, 11) is 0. The number of aromatic nitrogens is 1. The second-order valence-corrected chi connectivity index (χ2v) is 3.27. The van der Waals surface area contributed by atoms with Gasteiger partial charge in [-0.3, -0.25) is 9.63 Å². The van der Waals surface area contributed by atoms with Crippen LogP contribution in [-0.2, 0) is 9.63 Å². The summed E-state index contributed by atoms with van der Waals surface area (Å²) in [6.07, 6.45) is 0. The minimum absolute atomic E-state index is 0.134. The lowest BCUT2D eigenvalue weighted by Crippen LogP contribution is -2.27. The molecule has 6 nitrogen and oxygen atoms in total. The maximum atomic E-state index is 11.3. The number of hydroxylamine groups is 1. The van der Waals surface area contributed by atoms with Gasteiger partial charge in [0.25, 0.3) is 5.91 Å². The van der Waals surface area contributed by atoms with E-state index in [1.807, 2.05) is 5.48 Å². The van der Waals surface area contributed by atoms with E-state index in [4.69, 9.17) is 5.11 Å². The van der Waals surface area contributed by atoms with Crippen LogP contribution in [0.15, 0.2) is 22.8 Å². The third kappa shape index (κ3) is 4.05. The molecule has 0 aromatic carbocycles. The number of pyridine rings is 1. The van der Waals surface area contributed by atoms with E-state index in [9.17, 15) is 9.59 Å². The topological polar surface area (TPSA) is 88.5 Å². The van der Waals surface area contributed by atoms with Crippen LogP contribution in [-0.4, -0.2) is 28.6 Å². The summed E-state index contributed by atoms with van der Waals surface area (Å²) in [6, 6.07) is 4.77. The second kappa shape index (κ2) is 5.42. The molecule has 0 atom stereocenters. The lowest BCUT2D eigenvalue weighted by Gasteiger charge is -2.02. The Morgan fingerprint density at radius 2 is 2.27 bits per heavy atom. The van der Waals surface area contributed by atoms with Crippen molar-refractivity contribution in [2.24, 2.45) is 0 Å². The molecule has 1 aromatic rings. The monoisotopic (exact) mass is 274 g/mol. The summed E-state index contributed by atoms with van der Waals surface area (Å²) in [5.74, 6) is -1.77. The highest BCUT2D eigenvalue weighted by molar-refractivity contribution is 9.10. The van der Waals surface area contributed by atoms with Crippen LogP contribution in [0.4, 0.5) is 0 Å². The Morgan fingerprint density at radius 3 is 2.87 bits per heavy atom. The van der Waals surface area contributed by atoms with Gasteiger partial charge < -0.3 is 5.11 Å². The van der Waals surface area contributed by atoms with Crippen LogP contribution in [0.25, 0.3) is 0 Å². The normalized spacial score (nSPS) is 9.67. The highest BCUT2D eigenvalue weighted by Gasteiger charge is 2.07. The Labute approximate surface area is 93.3 Å². The molecule has 0 fully saturated rings. The number of carbonyl (C=O) groups excluding carboxylic acids is 1. The van der Waals surface area contributed by atoms with Gasteiger partial charge in [0.2, 0.25) is 0 Å². The Morgan fingerprint density at radius 1 is 1.53 bits per heavy atom. The van der Waals surface area contributed by atoms with E-state index in [1.165, 1.54) is 6.07 Å². The van der Waals surface area contributed by atoms with Crippen LogP contribution in [0.2, 0.25) is 0 Å². The minimum Gasteiger partial charge on any atom is -0.479 e. The fourth-order valence-corrected chi connectivity index (χ4v) is 1.09. The number of aliphatic carboxylic acids is 1. The van der Waals surface area contributed by atoms with E-state index in [2.05, 4.69) is 25.8 Å². The van der Waals surface area contributed by atoms with Gasteiger partial charge in [0.1, 0.15) is 10.3 Å². The molecule has 15 heavy (non-hydrogen) atoms. The van der Waals surface area contributed by atoms with Crippen molar-refractivity contribution in [2.45, 2.75) is 0 Å². The molecule has 1 amide bonds. The van der Waals surface area contributed by atoms with Crippen molar-refractivity contribution in [3.8, 4) is 0 Å². The van der Waals surface area contributed by atoms with Gasteiger partial charge in [0.15, 0.2) is 6.61 Å². The van der Waals surface area contributed by atoms with Crippen LogP contribution in [0, 0.1) is 0 Å². The molecule has 0 aliphatic heterocycles. The second-order valence-electron chi connectivity index (χ2n) is 2.46. The smallest absolute Gasteiger partial charge is 0.332 e. The van der Waals surface area contributed by atoms with Crippen molar-refractivity contribution in [1.29, 1.82) is 0 Å². The summed E-state index contributed by atoms with van der Waals surface area (Å²) in [5.41, 5.74) is 2.09. The van der Waals surface area contributed by atoms with Crippen molar-refractivity contribution in [3.05, 3.63) is 28.5 Å². The highest BCUT2D eigenvalue weighted by atomic mass is 79.9. The Bertz CT molecular complexity index is 383. The van der Waals surface area contributed by atoms with Crippen LogP contribution >= 0.6 is 15.9 Å². The molecule has 0 radical (unpaired) electrons. The molecular formula is C8H7BrN2O4. The molecule has 0 bridgehead atoms. The molecule has 0 unspecified atom stereocenters. The molecule has 0 saturated carbocycles. The van der Waals surface area contributed by atoms with E-state index in [0.29, 0.717) is 4.60 Å². The van der Waals surface area contributed by atoms with Gasteiger partial charge in [-0.05, 0) is 28.1 Å². The van der Waals surface area contributed by atoms with Crippen molar-refractivity contribution >= 4 is 27.8 Å². The Balaban J connectivity index is 2.50. The summed E-state index contributed by atoms with van der Waals surface area (Å²) in [6.45, 7) is -0.597. The molecule has 80 valence electrons. The number of carboxylic acid groups (broad SMARTS) is 1. The van der Waals surface area contributed by atoms with E-state index >= 15 is 0 Å². The van der Waals surface area contributed by atoms with Gasteiger partial charge in [-0.2, -0.15) is 0 Å². The number of carbonyl (C=O) groups is 2. The quantitative estimate of drug-likeness (QED) is 0.620. The summed E-state index contributed by atoms with van der Waals surface area (Å²) >= 11 is 3.10. The average molecular weight is 275 g/mol. The number of rotatable bonds is 4. The summed E-state index contributed by atoms with van der Waals surface area (Å²) in [4.78, 5) is 29.6. The molecular weight excluding hydrogens is 268 g/mol. The number of nitrogens with zero attached hydrogens (tertiary/aromatic N) is 1. The van der Waals surface area contributed by atoms with Gasteiger partial charge in [-0.25, -0.2) is 15.3 Å². The molecule has 0 aliphatic rings. The maximum Gasteiger partial charge on any atom is 0.332 e. The number of hydrogen-bond acceptors (Lipinski definition) is 4. The van der Waals surface area contributed by atoms with Crippen LogP contribution < -0.4 is 5.48 Å². The van der Waals surface area contributed by atoms with E-state index in [0.717, 1.165) is 0 Å². The van der Waals surface area contributed by atoms with Crippen molar-refractivity contribution in [1.82, 2.24) is 10.5 Å². The van der Waals surface area contributed by atoms with Crippen LogP contribution in [0.3, 0.4) is 0 Å². The number of amides is 1. The first-order chi connectivity index (χ1) is 7.09. The predicted octanol–water partition coefficient (Wildman–Crippen LogP) is 0.590. The fraction of sp³-hybridized carbons (Fsp3) is 0.125. The molecule has 2 N–H and O–H groups in total. The third-order valence-electron chi connectivity index (χ3n) is 1.31. The van der Waals surface area contributed by atoms with Gasteiger partial charge in [-0.1, -0.05) is 6.07 Å². The highest BCUT2D eigenvalue weighted by Crippen LogP contribution is 2.05. The average Bonchev–Trinajstić information content (AvgIpc) is 2.17. The number of carboxylic acids is 1. The Hall–Kier alpha value is -1.47.